The number of pyridine rings is 1. The van der Waals surface area contributed by atoms with Gasteiger partial charge < -0.3 is 11.1 Å². The van der Waals surface area contributed by atoms with E-state index in [1.54, 1.807) is 6.07 Å². The van der Waals surface area contributed by atoms with Crippen molar-refractivity contribution < 1.29 is 0 Å². The lowest BCUT2D eigenvalue weighted by molar-refractivity contribution is 0.155. The van der Waals surface area contributed by atoms with Crippen LogP contribution in [0.5, 0.6) is 0 Å². The van der Waals surface area contributed by atoms with Crippen molar-refractivity contribution in [2.75, 3.05) is 11.1 Å². The van der Waals surface area contributed by atoms with Crippen molar-refractivity contribution >= 4 is 23.1 Å². The molecule has 3 atom stereocenters. The molecule has 0 radical (unpaired) electrons. The first kappa shape index (κ1) is 13.0. The number of nitrogen functional groups attached to an aromatic ring is 1. The molecular weight excluding hydrogens is 258 g/mol. The van der Waals surface area contributed by atoms with E-state index < -0.39 is 0 Å². The normalized spacial score (nSPS) is 35.6. The molecule has 1 heterocycles. The van der Waals surface area contributed by atoms with Gasteiger partial charge in [-0.15, -0.1) is 0 Å². The Balaban J connectivity index is 1.92. The number of anilines is 2. The Kier molecular flexibility index (Phi) is 2.76. The average molecular weight is 280 g/mol. The van der Waals surface area contributed by atoms with Gasteiger partial charge in [0.1, 0.15) is 5.15 Å². The van der Waals surface area contributed by atoms with Gasteiger partial charge in [0.2, 0.25) is 0 Å². The van der Waals surface area contributed by atoms with E-state index >= 15 is 0 Å². The van der Waals surface area contributed by atoms with Gasteiger partial charge in [0.05, 0.1) is 5.69 Å². The highest BCUT2D eigenvalue weighted by Crippen LogP contribution is 2.63. The molecule has 2 saturated carbocycles. The van der Waals surface area contributed by atoms with Crippen LogP contribution in [0.1, 0.15) is 40.0 Å². The standard InChI is InChI=1S/C15H22ClN3/c1-14(2)9-6-7-15(3,8-9)13(14)19-12-10(17)4-5-11(16)18-12/h4-5,9,13H,6-8,17H2,1-3H3,(H,18,19). The molecule has 0 aromatic carbocycles. The molecule has 3 N–H and O–H groups in total. The van der Waals surface area contributed by atoms with Crippen molar-refractivity contribution in [3.63, 3.8) is 0 Å². The predicted molar refractivity (Wildman–Crippen MR) is 80.3 cm³/mol. The first-order valence-electron chi connectivity index (χ1n) is 7.01. The molecule has 0 spiro atoms. The molecule has 104 valence electrons. The molecule has 0 amide bonds. The molecule has 2 aliphatic rings. The van der Waals surface area contributed by atoms with Crippen LogP contribution in [-0.4, -0.2) is 11.0 Å². The zero-order valence-corrected chi connectivity index (χ0v) is 12.6. The molecular formula is C15H22ClN3. The summed E-state index contributed by atoms with van der Waals surface area (Å²) in [6, 6.07) is 3.96. The van der Waals surface area contributed by atoms with Crippen LogP contribution >= 0.6 is 11.6 Å². The molecule has 4 heteroatoms. The van der Waals surface area contributed by atoms with Gasteiger partial charge >= 0.3 is 0 Å². The molecule has 3 unspecified atom stereocenters. The second-order valence-corrected chi connectivity index (χ2v) is 7.45. The zero-order valence-electron chi connectivity index (χ0n) is 11.8. The Bertz CT molecular complexity index is 509. The van der Waals surface area contributed by atoms with Gasteiger partial charge in [-0.25, -0.2) is 4.98 Å². The van der Waals surface area contributed by atoms with E-state index in [1.165, 1.54) is 19.3 Å². The average Bonchev–Trinajstić information content (AvgIpc) is 2.80. The Morgan fingerprint density at radius 2 is 2.11 bits per heavy atom. The molecule has 2 bridgehead atoms. The van der Waals surface area contributed by atoms with E-state index in [4.69, 9.17) is 17.3 Å². The minimum atomic E-state index is 0.281. The monoisotopic (exact) mass is 279 g/mol. The van der Waals surface area contributed by atoms with Crippen molar-refractivity contribution in [1.82, 2.24) is 4.98 Å². The number of hydrogen-bond acceptors (Lipinski definition) is 3. The third-order valence-electron chi connectivity index (χ3n) is 5.44. The highest BCUT2D eigenvalue weighted by molar-refractivity contribution is 6.29. The van der Waals surface area contributed by atoms with Crippen molar-refractivity contribution in [1.29, 1.82) is 0 Å². The van der Waals surface area contributed by atoms with Crippen LogP contribution < -0.4 is 11.1 Å². The Hall–Kier alpha value is -0.960. The Morgan fingerprint density at radius 1 is 1.37 bits per heavy atom. The van der Waals surface area contributed by atoms with E-state index in [-0.39, 0.29) is 5.41 Å². The maximum atomic E-state index is 6.01. The fraction of sp³-hybridized carbons (Fsp3) is 0.667. The maximum absolute atomic E-state index is 6.01. The summed E-state index contributed by atoms with van der Waals surface area (Å²) in [6.45, 7) is 7.11. The van der Waals surface area contributed by atoms with Gasteiger partial charge in [0.15, 0.2) is 5.82 Å². The van der Waals surface area contributed by atoms with E-state index in [2.05, 4.69) is 31.1 Å². The smallest absolute Gasteiger partial charge is 0.151 e. The van der Waals surface area contributed by atoms with Crippen LogP contribution in [0.15, 0.2) is 12.1 Å². The summed E-state index contributed by atoms with van der Waals surface area (Å²) in [4.78, 5) is 4.35. The number of nitrogens with two attached hydrogens (primary N) is 1. The molecule has 1 aromatic heterocycles. The molecule has 19 heavy (non-hydrogen) atoms. The second kappa shape index (κ2) is 4.02. The largest absolute Gasteiger partial charge is 0.396 e. The number of nitrogens with one attached hydrogen (secondary N) is 1. The van der Waals surface area contributed by atoms with Gasteiger partial charge in [-0.2, -0.15) is 0 Å². The maximum Gasteiger partial charge on any atom is 0.151 e. The van der Waals surface area contributed by atoms with Crippen molar-refractivity contribution in [2.24, 2.45) is 16.7 Å². The van der Waals surface area contributed by atoms with Crippen molar-refractivity contribution in [3.05, 3.63) is 17.3 Å². The lowest BCUT2D eigenvalue weighted by Gasteiger charge is -2.43. The Labute approximate surface area is 119 Å². The van der Waals surface area contributed by atoms with Crippen LogP contribution in [0.25, 0.3) is 0 Å². The summed E-state index contributed by atoms with van der Waals surface area (Å²) in [6.07, 6.45) is 3.94. The molecule has 2 aliphatic carbocycles. The SMILES string of the molecule is CC12CCC(C1)C(C)(C)C2Nc1nc(Cl)ccc1N. The third kappa shape index (κ3) is 1.90. The van der Waals surface area contributed by atoms with Crippen LogP contribution in [0, 0.1) is 16.7 Å². The minimum absolute atomic E-state index is 0.281. The molecule has 3 rings (SSSR count). The van der Waals surface area contributed by atoms with Gasteiger partial charge in [-0.3, -0.25) is 0 Å². The van der Waals surface area contributed by atoms with E-state index in [1.807, 2.05) is 6.07 Å². The summed E-state index contributed by atoms with van der Waals surface area (Å²) in [7, 11) is 0. The van der Waals surface area contributed by atoms with Crippen LogP contribution in [0.2, 0.25) is 5.15 Å². The Morgan fingerprint density at radius 3 is 2.74 bits per heavy atom. The van der Waals surface area contributed by atoms with Crippen LogP contribution in [-0.2, 0) is 0 Å². The highest BCUT2D eigenvalue weighted by Gasteiger charge is 2.59. The summed E-state index contributed by atoms with van der Waals surface area (Å²) in [5.74, 6) is 1.54. The lowest BCUT2D eigenvalue weighted by Crippen LogP contribution is -2.46. The van der Waals surface area contributed by atoms with Gasteiger partial charge in [-0.05, 0) is 48.1 Å². The second-order valence-electron chi connectivity index (χ2n) is 7.06. The molecule has 0 saturated heterocycles. The first-order chi connectivity index (χ1) is 8.83. The molecule has 1 aromatic rings. The molecule has 0 aliphatic heterocycles. The number of nitrogens with zero attached hydrogens (tertiary/aromatic N) is 1. The fourth-order valence-electron chi connectivity index (χ4n) is 4.36. The number of fused-ring (bicyclic) bond motifs is 2. The first-order valence-corrected chi connectivity index (χ1v) is 7.39. The number of halogens is 1. The topological polar surface area (TPSA) is 50.9 Å². The third-order valence-corrected chi connectivity index (χ3v) is 5.65. The van der Waals surface area contributed by atoms with Gasteiger partial charge in [-0.1, -0.05) is 32.4 Å². The van der Waals surface area contributed by atoms with Crippen LogP contribution in [0.4, 0.5) is 11.5 Å². The summed E-state index contributed by atoms with van der Waals surface area (Å²) in [5, 5.41) is 4.08. The summed E-state index contributed by atoms with van der Waals surface area (Å²) >= 11 is 5.98. The van der Waals surface area contributed by atoms with E-state index in [0.717, 1.165) is 11.7 Å². The molecule has 3 nitrogen and oxygen atoms in total. The lowest BCUT2D eigenvalue weighted by atomic mass is 9.68. The zero-order chi connectivity index (χ0) is 13.8. The number of rotatable bonds is 2. The minimum Gasteiger partial charge on any atom is -0.396 e. The van der Waals surface area contributed by atoms with E-state index in [0.29, 0.717) is 22.3 Å². The fourth-order valence-corrected chi connectivity index (χ4v) is 4.51. The van der Waals surface area contributed by atoms with Gasteiger partial charge in [0.25, 0.3) is 0 Å². The summed E-state index contributed by atoms with van der Waals surface area (Å²) in [5.41, 5.74) is 7.32. The van der Waals surface area contributed by atoms with Crippen molar-refractivity contribution in [3.8, 4) is 0 Å². The van der Waals surface area contributed by atoms with Crippen molar-refractivity contribution in [2.45, 2.75) is 46.1 Å². The van der Waals surface area contributed by atoms with E-state index in [9.17, 15) is 0 Å². The molecule has 2 fully saturated rings. The summed E-state index contributed by atoms with van der Waals surface area (Å²) < 4.78 is 0. The van der Waals surface area contributed by atoms with Gasteiger partial charge in [0, 0.05) is 6.04 Å². The highest BCUT2D eigenvalue weighted by atomic mass is 35.5. The predicted octanol–water partition coefficient (Wildman–Crippen LogP) is 3.94. The number of aromatic nitrogens is 1. The quantitative estimate of drug-likeness (QED) is 0.806. The van der Waals surface area contributed by atoms with Crippen LogP contribution in [0.3, 0.4) is 0 Å². The number of hydrogen-bond donors (Lipinski definition) is 2.